The molecule has 1 unspecified atom stereocenters. The zero-order valence-electron chi connectivity index (χ0n) is 11.4. The largest absolute Gasteiger partial charge is 0.374 e. The quantitative estimate of drug-likeness (QED) is 0.734. The van der Waals surface area contributed by atoms with Crippen LogP contribution in [0.1, 0.15) is 32.3 Å². The van der Waals surface area contributed by atoms with Gasteiger partial charge in [0.1, 0.15) is 6.04 Å². The number of urea groups is 1. The van der Waals surface area contributed by atoms with E-state index >= 15 is 0 Å². The second-order valence-corrected chi connectivity index (χ2v) is 4.52. The number of amides is 3. The fourth-order valence-electron chi connectivity index (χ4n) is 1.69. The first-order valence-electron chi connectivity index (χ1n) is 6.48. The summed E-state index contributed by atoms with van der Waals surface area (Å²) >= 11 is 0. The van der Waals surface area contributed by atoms with Crippen molar-refractivity contribution in [2.75, 3.05) is 5.32 Å². The average molecular weight is 263 g/mol. The van der Waals surface area contributed by atoms with Crippen LogP contribution in [0.25, 0.3) is 0 Å². The maximum atomic E-state index is 11.5. The van der Waals surface area contributed by atoms with Crippen molar-refractivity contribution in [3.63, 3.8) is 0 Å². The SMILES string of the molecule is CCCCc1ccc(NC(C)C(=O)NC(N)=O)cc1. The van der Waals surface area contributed by atoms with Gasteiger partial charge in [-0.05, 0) is 37.5 Å². The van der Waals surface area contributed by atoms with Gasteiger partial charge < -0.3 is 11.1 Å². The number of nitrogens with one attached hydrogen (secondary N) is 2. The zero-order valence-corrected chi connectivity index (χ0v) is 11.4. The van der Waals surface area contributed by atoms with Gasteiger partial charge in [-0.25, -0.2) is 4.79 Å². The van der Waals surface area contributed by atoms with E-state index in [1.54, 1.807) is 6.92 Å². The molecule has 0 saturated carbocycles. The van der Waals surface area contributed by atoms with Crippen LogP contribution in [0.3, 0.4) is 0 Å². The van der Waals surface area contributed by atoms with Crippen LogP contribution in [0.15, 0.2) is 24.3 Å². The Hall–Kier alpha value is -2.04. The first-order valence-corrected chi connectivity index (χ1v) is 6.48. The zero-order chi connectivity index (χ0) is 14.3. The second-order valence-electron chi connectivity index (χ2n) is 4.52. The maximum Gasteiger partial charge on any atom is 0.318 e. The maximum absolute atomic E-state index is 11.5. The van der Waals surface area contributed by atoms with Gasteiger partial charge in [0.2, 0.25) is 5.91 Å². The molecule has 1 rings (SSSR count). The van der Waals surface area contributed by atoms with Gasteiger partial charge >= 0.3 is 6.03 Å². The number of hydrogen-bond acceptors (Lipinski definition) is 3. The van der Waals surface area contributed by atoms with Crippen molar-refractivity contribution in [3.8, 4) is 0 Å². The minimum Gasteiger partial charge on any atom is -0.374 e. The summed E-state index contributed by atoms with van der Waals surface area (Å²) in [4.78, 5) is 22.1. The molecule has 19 heavy (non-hydrogen) atoms. The normalized spacial score (nSPS) is 11.7. The van der Waals surface area contributed by atoms with E-state index in [-0.39, 0.29) is 0 Å². The Bertz CT molecular complexity index is 429. The van der Waals surface area contributed by atoms with Crippen molar-refractivity contribution in [2.24, 2.45) is 5.73 Å². The molecule has 0 aliphatic rings. The highest BCUT2D eigenvalue weighted by Gasteiger charge is 2.13. The van der Waals surface area contributed by atoms with Gasteiger partial charge in [-0.1, -0.05) is 25.5 Å². The second kappa shape index (κ2) is 7.41. The molecule has 0 heterocycles. The lowest BCUT2D eigenvalue weighted by atomic mass is 10.1. The molecule has 0 aliphatic heterocycles. The van der Waals surface area contributed by atoms with E-state index in [0.29, 0.717) is 0 Å². The van der Waals surface area contributed by atoms with Crippen LogP contribution in [-0.2, 0) is 11.2 Å². The number of benzene rings is 1. The Balaban J connectivity index is 2.52. The smallest absolute Gasteiger partial charge is 0.318 e. The number of anilines is 1. The predicted molar refractivity (Wildman–Crippen MR) is 75.9 cm³/mol. The molecule has 104 valence electrons. The third-order valence-electron chi connectivity index (χ3n) is 2.80. The summed E-state index contributed by atoms with van der Waals surface area (Å²) in [6.45, 7) is 3.83. The highest BCUT2D eigenvalue weighted by atomic mass is 16.2. The molecule has 4 N–H and O–H groups in total. The van der Waals surface area contributed by atoms with Crippen LogP contribution >= 0.6 is 0 Å². The number of carbonyl (C=O) groups is 2. The Morgan fingerprint density at radius 2 is 1.89 bits per heavy atom. The Morgan fingerprint density at radius 1 is 1.26 bits per heavy atom. The van der Waals surface area contributed by atoms with Crippen molar-refractivity contribution in [2.45, 2.75) is 39.2 Å². The Morgan fingerprint density at radius 3 is 2.42 bits per heavy atom. The number of imide groups is 1. The van der Waals surface area contributed by atoms with Crippen molar-refractivity contribution in [1.82, 2.24) is 5.32 Å². The van der Waals surface area contributed by atoms with Gasteiger partial charge in [-0.2, -0.15) is 0 Å². The van der Waals surface area contributed by atoms with Gasteiger partial charge in [0.05, 0.1) is 0 Å². The molecule has 5 nitrogen and oxygen atoms in total. The highest BCUT2D eigenvalue weighted by molar-refractivity contribution is 5.97. The molecular weight excluding hydrogens is 242 g/mol. The molecule has 1 atom stereocenters. The molecule has 1 aromatic carbocycles. The summed E-state index contributed by atoms with van der Waals surface area (Å²) in [5.41, 5.74) is 7.01. The Labute approximate surface area is 113 Å². The minimum absolute atomic E-state index is 0.442. The van der Waals surface area contributed by atoms with E-state index in [4.69, 9.17) is 5.73 Å². The van der Waals surface area contributed by atoms with Gasteiger partial charge in [0.15, 0.2) is 0 Å². The molecule has 5 heteroatoms. The number of primary amides is 1. The topological polar surface area (TPSA) is 84.2 Å². The predicted octanol–water partition coefficient (Wildman–Crippen LogP) is 2.02. The van der Waals surface area contributed by atoms with Gasteiger partial charge in [0.25, 0.3) is 0 Å². The summed E-state index contributed by atoms with van der Waals surface area (Å²) in [5.74, 6) is -0.442. The van der Waals surface area contributed by atoms with Crippen LogP contribution in [0.5, 0.6) is 0 Å². The van der Waals surface area contributed by atoms with Crippen LogP contribution in [0.4, 0.5) is 10.5 Å². The van der Waals surface area contributed by atoms with Crippen molar-refractivity contribution >= 4 is 17.6 Å². The molecule has 0 radical (unpaired) electrons. The fourth-order valence-corrected chi connectivity index (χ4v) is 1.69. The summed E-state index contributed by atoms with van der Waals surface area (Å²) in [5, 5.41) is 5.05. The lowest BCUT2D eigenvalue weighted by Crippen LogP contribution is -2.43. The fraction of sp³-hybridized carbons (Fsp3) is 0.429. The lowest BCUT2D eigenvalue weighted by molar-refractivity contribution is -0.120. The molecule has 0 saturated heterocycles. The molecular formula is C14H21N3O2. The van der Waals surface area contributed by atoms with Crippen LogP contribution in [0.2, 0.25) is 0 Å². The van der Waals surface area contributed by atoms with Crippen molar-refractivity contribution < 1.29 is 9.59 Å². The number of unbranched alkanes of at least 4 members (excludes halogenated alkanes) is 1. The molecule has 3 amide bonds. The van der Waals surface area contributed by atoms with Gasteiger partial charge in [0, 0.05) is 5.69 Å². The Kier molecular flexibility index (Phi) is 5.85. The van der Waals surface area contributed by atoms with E-state index in [0.717, 1.165) is 12.1 Å². The first kappa shape index (κ1) is 15.0. The number of hydrogen-bond donors (Lipinski definition) is 3. The van der Waals surface area contributed by atoms with Crippen LogP contribution < -0.4 is 16.4 Å². The third-order valence-corrected chi connectivity index (χ3v) is 2.80. The van der Waals surface area contributed by atoms with E-state index in [9.17, 15) is 9.59 Å². The van der Waals surface area contributed by atoms with Gasteiger partial charge in [-0.3, -0.25) is 10.1 Å². The monoisotopic (exact) mass is 263 g/mol. The lowest BCUT2D eigenvalue weighted by Gasteiger charge is -2.14. The summed E-state index contributed by atoms with van der Waals surface area (Å²) < 4.78 is 0. The van der Waals surface area contributed by atoms with Crippen LogP contribution in [-0.4, -0.2) is 18.0 Å². The number of rotatable bonds is 6. The van der Waals surface area contributed by atoms with E-state index < -0.39 is 18.0 Å². The number of aryl methyl sites for hydroxylation is 1. The molecule has 0 fully saturated rings. The number of carbonyl (C=O) groups excluding carboxylic acids is 2. The molecule has 1 aromatic rings. The third kappa shape index (κ3) is 5.42. The van der Waals surface area contributed by atoms with E-state index in [2.05, 4.69) is 12.2 Å². The van der Waals surface area contributed by atoms with Crippen LogP contribution in [0, 0.1) is 0 Å². The number of nitrogens with two attached hydrogens (primary N) is 1. The summed E-state index contributed by atoms with van der Waals surface area (Å²) in [6, 6.07) is 6.58. The average Bonchev–Trinajstić information content (AvgIpc) is 2.37. The molecule has 0 aromatic heterocycles. The van der Waals surface area contributed by atoms with E-state index in [1.807, 2.05) is 29.6 Å². The molecule has 0 bridgehead atoms. The van der Waals surface area contributed by atoms with E-state index in [1.165, 1.54) is 18.4 Å². The van der Waals surface area contributed by atoms with Crippen molar-refractivity contribution in [3.05, 3.63) is 29.8 Å². The minimum atomic E-state index is -0.839. The molecule has 0 spiro atoms. The molecule has 0 aliphatic carbocycles. The standard InChI is InChI=1S/C14H21N3O2/c1-3-4-5-11-6-8-12(9-7-11)16-10(2)13(18)17-14(15)19/h6-10,16H,3-5H2,1-2H3,(H3,15,17,18,19). The summed E-state index contributed by atoms with van der Waals surface area (Å²) in [6.07, 6.45) is 3.41. The first-order chi connectivity index (χ1) is 9.02. The highest BCUT2D eigenvalue weighted by Crippen LogP contribution is 2.12. The van der Waals surface area contributed by atoms with Crippen molar-refractivity contribution in [1.29, 1.82) is 0 Å². The summed E-state index contributed by atoms with van der Waals surface area (Å²) in [7, 11) is 0. The van der Waals surface area contributed by atoms with Gasteiger partial charge in [-0.15, -0.1) is 0 Å².